The maximum absolute atomic E-state index is 15.3. The number of carbonyl (C=O) groups is 8. The third-order valence-electron chi connectivity index (χ3n) is 8.25. The largest absolute Gasteiger partial charge is 0.490 e. The number of rotatable bonds is 20. The van der Waals surface area contributed by atoms with E-state index in [0.717, 1.165) is 28.8 Å². The molecule has 1 heterocycles. The van der Waals surface area contributed by atoms with Gasteiger partial charge in [0.25, 0.3) is 5.91 Å². The first-order valence-corrected chi connectivity index (χ1v) is 17.9. The number of anilines is 1. The van der Waals surface area contributed by atoms with Crippen LogP contribution in [0.1, 0.15) is 60.1 Å². The number of hydrogen-bond donors (Lipinski definition) is 8. The van der Waals surface area contributed by atoms with Crippen molar-refractivity contribution in [3.8, 4) is 12.3 Å². The number of benzene rings is 2. The van der Waals surface area contributed by atoms with E-state index in [0.29, 0.717) is 16.2 Å². The van der Waals surface area contributed by atoms with Crippen LogP contribution in [0.15, 0.2) is 42.5 Å². The number of terminal acetylenes is 1. The monoisotopic (exact) mass is 883 g/mol. The van der Waals surface area contributed by atoms with Crippen molar-refractivity contribution >= 4 is 75.8 Å². The molecular formula is C38H38ClF4N5O13. The van der Waals surface area contributed by atoms with Crippen molar-refractivity contribution in [2.45, 2.75) is 76.3 Å². The highest BCUT2D eigenvalue weighted by Crippen LogP contribution is 2.27. The average Bonchev–Trinajstić information content (AvgIpc) is 3.15. The van der Waals surface area contributed by atoms with Crippen molar-refractivity contribution in [3.05, 3.63) is 70.1 Å². The Morgan fingerprint density at radius 1 is 0.787 bits per heavy atom. The van der Waals surface area contributed by atoms with E-state index < -0.39 is 122 Å². The normalized spacial score (nSPS) is 12.3. The predicted octanol–water partition coefficient (Wildman–Crippen LogP) is 3.36. The van der Waals surface area contributed by atoms with Crippen molar-refractivity contribution in [3.63, 3.8) is 0 Å². The van der Waals surface area contributed by atoms with E-state index in [4.69, 9.17) is 38.1 Å². The number of hydrogen-bond acceptors (Lipinski definition) is 10. The van der Waals surface area contributed by atoms with E-state index in [1.54, 1.807) is 17.0 Å². The van der Waals surface area contributed by atoms with Crippen LogP contribution in [-0.2, 0) is 40.1 Å². The number of halogens is 5. The quantitative estimate of drug-likeness (QED) is 0.0597. The number of amides is 3. The Morgan fingerprint density at radius 3 is 1.75 bits per heavy atom. The number of nitrogens with one attached hydrogen (secondary N) is 3. The molecule has 3 amide bonds. The number of pyridine rings is 1. The molecule has 23 heteroatoms. The first kappa shape index (κ1) is 50.1. The van der Waals surface area contributed by atoms with E-state index in [2.05, 4.69) is 26.9 Å². The average molecular weight is 884 g/mol. The molecule has 3 atom stereocenters. The standard InChI is InChI=1S/C36H37ClFN5O11.C2HF3O2/c1-3-14-43(18-20-4-7-26-23(16-20)24(37)15-19(2)39-26)21-5-6-22(25(38)17-21)33(48)42-29(36(53)54)9-12-31(45)40-27(34(49)50)8-11-30(44)41-28(35(51)52)10-13-32(46)47;3-2(4,5)1(6)7/h1,4-7,15-17,27-29H,8-14,18H2,2H3,(H,40,45)(H,41,44)(H,42,48)(H,46,47)(H,49,50)(H,51,52)(H,53,54);(H,6,7)/t27-,28-,29-;/m0./s1. The molecule has 0 unspecified atom stereocenters. The van der Waals surface area contributed by atoms with E-state index in [-0.39, 0.29) is 13.1 Å². The molecule has 8 N–H and O–H groups in total. The summed E-state index contributed by atoms with van der Waals surface area (Å²) in [5, 5.41) is 51.8. The number of carboxylic acid groups (broad SMARTS) is 5. The Hall–Kier alpha value is -7.02. The van der Waals surface area contributed by atoms with Crippen LogP contribution in [0.2, 0.25) is 5.02 Å². The van der Waals surface area contributed by atoms with Crippen molar-refractivity contribution in [1.29, 1.82) is 0 Å². The zero-order valence-electron chi connectivity index (χ0n) is 31.8. The summed E-state index contributed by atoms with van der Waals surface area (Å²) in [6, 6.07) is 5.99. The SMILES string of the molecule is C#CCN(Cc1ccc2nc(C)cc(Cl)c2c1)c1ccc(C(=O)N[C@@H](CCC(=O)N[C@@H](CCC(=O)N[C@@H](CCC(=O)O)C(=O)O)C(=O)O)C(=O)O)c(F)c1.O=C(O)C(F)(F)F. The fraction of sp³-hybridized carbons (Fsp3) is 0.342. The summed E-state index contributed by atoms with van der Waals surface area (Å²) in [7, 11) is 0. The van der Waals surface area contributed by atoms with Gasteiger partial charge in [0.15, 0.2) is 0 Å². The molecule has 0 saturated heterocycles. The van der Waals surface area contributed by atoms with E-state index >= 15 is 4.39 Å². The third-order valence-corrected chi connectivity index (χ3v) is 8.56. The van der Waals surface area contributed by atoms with Gasteiger partial charge in [0.1, 0.15) is 23.9 Å². The second-order valence-electron chi connectivity index (χ2n) is 12.9. The van der Waals surface area contributed by atoms with Crippen molar-refractivity contribution in [1.82, 2.24) is 20.9 Å². The van der Waals surface area contributed by atoms with E-state index in [9.17, 15) is 56.9 Å². The van der Waals surface area contributed by atoms with Crippen LogP contribution in [0, 0.1) is 25.1 Å². The Morgan fingerprint density at radius 2 is 1.30 bits per heavy atom. The number of nitrogens with zero attached hydrogens (tertiary/aromatic N) is 2. The van der Waals surface area contributed by atoms with E-state index in [1.807, 2.05) is 19.1 Å². The van der Waals surface area contributed by atoms with Crippen LogP contribution in [-0.4, -0.2) is 109 Å². The molecule has 61 heavy (non-hydrogen) atoms. The minimum absolute atomic E-state index is 0.0712. The van der Waals surface area contributed by atoms with Crippen LogP contribution in [0.25, 0.3) is 10.9 Å². The predicted molar refractivity (Wildman–Crippen MR) is 205 cm³/mol. The molecule has 0 aliphatic carbocycles. The molecule has 0 fully saturated rings. The topological polar surface area (TPSA) is 290 Å². The smallest absolute Gasteiger partial charge is 0.481 e. The maximum atomic E-state index is 15.3. The highest BCUT2D eigenvalue weighted by Gasteiger charge is 2.38. The van der Waals surface area contributed by atoms with Gasteiger partial charge in [-0.25, -0.2) is 23.6 Å². The lowest BCUT2D eigenvalue weighted by Gasteiger charge is -2.23. The fourth-order valence-electron chi connectivity index (χ4n) is 5.27. The summed E-state index contributed by atoms with van der Waals surface area (Å²) in [6.07, 6.45) is -2.63. The summed E-state index contributed by atoms with van der Waals surface area (Å²) in [6.45, 7) is 2.14. The first-order valence-electron chi connectivity index (χ1n) is 17.6. The van der Waals surface area contributed by atoms with Crippen LogP contribution >= 0.6 is 11.6 Å². The minimum atomic E-state index is -5.08. The second kappa shape index (κ2) is 22.9. The number of carbonyl (C=O) groups excluding carboxylic acids is 3. The van der Waals surface area contributed by atoms with Crippen molar-refractivity contribution in [2.24, 2.45) is 0 Å². The van der Waals surface area contributed by atoms with Gasteiger partial charge in [-0.2, -0.15) is 13.2 Å². The maximum Gasteiger partial charge on any atom is 0.490 e. The van der Waals surface area contributed by atoms with Crippen LogP contribution in [0.4, 0.5) is 23.2 Å². The van der Waals surface area contributed by atoms with Gasteiger partial charge in [-0.05, 0) is 68.1 Å². The number of carboxylic acids is 5. The number of aromatic nitrogens is 1. The Labute approximate surface area is 347 Å². The number of fused-ring (bicyclic) bond motifs is 1. The van der Waals surface area contributed by atoms with E-state index in [1.165, 1.54) is 6.07 Å². The highest BCUT2D eigenvalue weighted by molar-refractivity contribution is 6.35. The summed E-state index contributed by atoms with van der Waals surface area (Å²) in [5.74, 6) is -10.1. The first-order chi connectivity index (χ1) is 28.4. The highest BCUT2D eigenvalue weighted by atomic mass is 35.5. The molecule has 328 valence electrons. The lowest BCUT2D eigenvalue weighted by Crippen LogP contribution is -2.45. The van der Waals surface area contributed by atoms with Crippen molar-refractivity contribution < 1.29 is 81.5 Å². The molecule has 0 radical (unpaired) electrons. The van der Waals surface area contributed by atoms with Crippen LogP contribution < -0.4 is 20.9 Å². The van der Waals surface area contributed by atoms with Gasteiger partial charge in [-0.1, -0.05) is 23.6 Å². The lowest BCUT2D eigenvalue weighted by molar-refractivity contribution is -0.192. The summed E-state index contributed by atoms with van der Waals surface area (Å²) < 4.78 is 47.1. The molecule has 3 aromatic rings. The van der Waals surface area contributed by atoms with Crippen LogP contribution in [0.5, 0.6) is 0 Å². The van der Waals surface area contributed by atoms with Gasteiger partial charge >= 0.3 is 36.0 Å². The molecule has 0 aliphatic heterocycles. The molecule has 0 saturated carbocycles. The summed E-state index contributed by atoms with van der Waals surface area (Å²) >= 11 is 6.40. The van der Waals surface area contributed by atoms with Crippen LogP contribution in [0.3, 0.4) is 0 Å². The van der Waals surface area contributed by atoms with Gasteiger partial charge in [0, 0.05) is 42.6 Å². The summed E-state index contributed by atoms with van der Waals surface area (Å²) in [5.41, 5.74) is 2.07. The third kappa shape index (κ3) is 16.6. The summed E-state index contributed by atoms with van der Waals surface area (Å²) in [4.78, 5) is 98.3. The second-order valence-corrected chi connectivity index (χ2v) is 13.3. The van der Waals surface area contributed by atoms with Gasteiger partial charge in [-0.3, -0.25) is 24.2 Å². The zero-order chi connectivity index (χ0) is 46.2. The molecular weight excluding hydrogens is 846 g/mol. The van der Waals surface area contributed by atoms with Crippen molar-refractivity contribution in [2.75, 3.05) is 11.4 Å². The van der Waals surface area contributed by atoms with Gasteiger partial charge in [0.2, 0.25) is 11.8 Å². The molecule has 3 rings (SSSR count). The Balaban J connectivity index is 0.00000168. The van der Waals surface area contributed by atoms with Gasteiger partial charge in [0.05, 0.1) is 22.6 Å². The minimum Gasteiger partial charge on any atom is -0.481 e. The van der Waals surface area contributed by atoms with Gasteiger partial charge in [-0.15, -0.1) is 6.42 Å². The molecule has 0 bridgehead atoms. The van der Waals surface area contributed by atoms with Gasteiger partial charge < -0.3 is 46.4 Å². The number of alkyl halides is 3. The molecule has 18 nitrogen and oxygen atoms in total. The zero-order valence-corrected chi connectivity index (χ0v) is 32.5. The molecule has 0 spiro atoms. The lowest BCUT2D eigenvalue weighted by atomic mass is 10.1. The Bertz CT molecular complexity index is 2200. The number of aliphatic carboxylic acids is 5. The Kier molecular flexibility index (Phi) is 18.9. The fourth-order valence-corrected chi connectivity index (χ4v) is 5.58. The molecule has 0 aliphatic rings. The molecule has 1 aromatic heterocycles. The molecule has 2 aromatic carbocycles. The number of aryl methyl sites for hydroxylation is 1.